The summed E-state index contributed by atoms with van der Waals surface area (Å²) >= 11 is 1.29. The van der Waals surface area contributed by atoms with E-state index in [1.807, 2.05) is 19.1 Å². The van der Waals surface area contributed by atoms with Crippen molar-refractivity contribution in [3.63, 3.8) is 0 Å². The van der Waals surface area contributed by atoms with E-state index in [1.165, 1.54) is 23.5 Å². The molecule has 0 saturated heterocycles. The summed E-state index contributed by atoms with van der Waals surface area (Å²) in [5.41, 5.74) is 2.45. The molecule has 1 aromatic heterocycles. The largest absolute Gasteiger partial charge is 0.298 e. The van der Waals surface area contributed by atoms with Gasteiger partial charge in [0.05, 0.1) is 4.90 Å². The predicted octanol–water partition coefficient (Wildman–Crippen LogP) is 3.81. The Hall–Kier alpha value is -2.71. The van der Waals surface area contributed by atoms with Gasteiger partial charge in [0.15, 0.2) is 5.13 Å². The minimum Gasteiger partial charge on any atom is -0.298 e. The van der Waals surface area contributed by atoms with E-state index in [0.717, 1.165) is 5.56 Å². The zero-order chi connectivity index (χ0) is 18.7. The van der Waals surface area contributed by atoms with E-state index < -0.39 is 15.9 Å². The van der Waals surface area contributed by atoms with Crippen LogP contribution in [0.2, 0.25) is 0 Å². The second kappa shape index (κ2) is 7.27. The Labute approximate surface area is 156 Å². The van der Waals surface area contributed by atoms with Crippen LogP contribution in [-0.4, -0.2) is 19.3 Å². The summed E-state index contributed by atoms with van der Waals surface area (Å²) in [6.45, 7) is 3.67. The van der Waals surface area contributed by atoms with Crippen LogP contribution >= 0.6 is 11.3 Å². The van der Waals surface area contributed by atoms with Gasteiger partial charge in [-0.2, -0.15) is 0 Å². The SMILES string of the molecule is Cc1ccc(NS(=O)(=O)c2ccc(C)c(C(=O)Nc3nccs3)c2)cc1. The van der Waals surface area contributed by atoms with Gasteiger partial charge in [0.1, 0.15) is 0 Å². The highest BCUT2D eigenvalue weighted by Gasteiger charge is 2.18. The molecule has 0 unspecified atom stereocenters. The van der Waals surface area contributed by atoms with Crippen molar-refractivity contribution in [3.8, 4) is 0 Å². The number of aromatic nitrogens is 1. The van der Waals surface area contributed by atoms with Gasteiger partial charge in [-0.15, -0.1) is 11.3 Å². The van der Waals surface area contributed by atoms with E-state index in [0.29, 0.717) is 16.4 Å². The number of rotatable bonds is 5. The van der Waals surface area contributed by atoms with Gasteiger partial charge in [-0.1, -0.05) is 23.8 Å². The highest BCUT2D eigenvalue weighted by molar-refractivity contribution is 7.92. The van der Waals surface area contributed by atoms with Crippen LogP contribution in [0.15, 0.2) is 58.9 Å². The van der Waals surface area contributed by atoms with E-state index >= 15 is 0 Å². The van der Waals surface area contributed by atoms with Gasteiger partial charge in [0.25, 0.3) is 15.9 Å². The second-order valence-electron chi connectivity index (χ2n) is 5.74. The smallest absolute Gasteiger partial charge is 0.261 e. The highest BCUT2D eigenvalue weighted by atomic mass is 32.2. The molecule has 0 aliphatic rings. The molecule has 6 nitrogen and oxygen atoms in total. The Balaban J connectivity index is 1.88. The van der Waals surface area contributed by atoms with E-state index in [2.05, 4.69) is 15.0 Å². The average molecular weight is 387 g/mol. The number of amides is 1. The number of sulfonamides is 1. The molecule has 0 bridgehead atoms. The Morgan fingerprint density at radius 2 is 1.81 bits per heavy atom. The zero-order valence-electron chi connectivity index (χ0n) is 14.2. The molecule has 0 fully saturated rings. The first kappa shape index (κ1) is 18.1. The summed E-state index contributed by atoms with van der Waals surface area (Å²) in [6.07, 6.45) is 1.58. The number of nitrogens with one attached hydrogen (secondary N) is 2. The quantitative estimate of drug-likeness (QED) is 0.697. The lowest BCUT2D eigenvalue weighted by Crippen LogP contribution is -2.17. The van der Waals surface area contributed by atoms with Gasteiger partial charge >= 0.3 is 0 Å². The number of thiazole rings is 1. The molecule has 0 saturated carbocycles. The van der Waals surface area contributed by atoms with Gasteiger partial charge < -0.3 is 0 Å². The molecule has 1 heterocycles. The fourth-order valence-corrected chi connectivity index (χ4v) is 3.91. The van der Waals surface area contributed by atoms with Crippen molar-refractivity contribution in [2.75, 3.05) is 10.0 Å². The van der Waals surface area contributed by atoms with Crippen LogP contribution in [0.4, 0.5) is 10.8 Å². The van der Waals surface area contributed by atoms with Gasteiger partial charge in [-0.05, 0) is 43.7 Å². The fraction of sp³-hybridized carbons (Fsp3) is 0.111. The Morgan fingerprint density at radius 3 is 2.46 bits per heavy atom. The van der Waals surface area contributed by atoms with Crippen molar-refractivity contribution >= 4 is 38.1 Å². The van der Waals surface area contributed by atoms with Crippen LogP contribution in [0, 0.1) is 13.8 Å². The second-order valence-corrected chi connectivity index (χ2v) is 8.32. The Morgan fingerprint density at radius 1 is 1.08 bits per heavy atom. The summed E-state index contributed by atoms with van der Waals surface area (Å²) < 4.78 is 27.8. The molecule has 8 heteroatoms. The monoisotopic (exact) mass is 387 g/mol. The minimum absolute atomic E-state index is 0.0213. The van der Waals surface area contributed by atoms with Crippen molar-refractivity contribution in [2.45, 2.75) is 18.7 Å². The third-order valence-corrected chi connectivity index (χ3v) is 5.79. The van der Waals surface area contributed by atoms with Crippen molar-refractivity contribution < 1.29 is 13.2 Å². The van der Waals surface area contributed by atoms with Gasteiger partial charge in [0.2, 0.25) is 0 Å². The van der Waals surface area contributed by atoms with Crippen molar-refractivity contribution in [1.82, 2.24) is 4.98 Å². The molecular formula is C18H17N3O3S2. The normalized spacial score (nSPS) is 11.2. The van der Waals surface area contributed by atoms with Crippen LogP contribution < -0.4 is 10.0 Å². The number of nitrogens with zero attached hydrogens (tertiary/aromatic N) is 1. The molecule has 0 atom stereocenters. The lowest BCUT2D eigenvalue weighted by atomic mass is 10.1. The van der Waals surface area contributed by atoms with E-state index in [1.54, 1.807) is 36.7 Å². The molecule has 2 aromatic carbocycles. The molecule has 0 aliphatic carbocycles. The lowest BCUT2D eigenvalue weighted by Gasteiger charge is -2.11. The Bertz CT molecular complexity index is 1030. The maximum atomic E-state index is 12.6. The third-order valence-electron chi connectivity index (χ3n) is 3.72. The fourth-order valence-electron chi connectivity index (χ4n) is 2.30. The van der Waals surface area contributed by atoms with Crippen LogP contribution in [0.3, 0.4) is 0 Å². The van der Waals surface area contributed by atoms with Crippen LogP contribution in [0.5, 0.6) is 0 Å². The first-order valence-corrected chi connectivity index (χ1v) is 10.1. The van der Waals surface area contributed by atoms with Crippen molar-refractivity contribution in [1.29, 1.82) is 0 Å². The number of hydrogen-bond donors (Lipinski definition) is 2. The van der Waals surface area contributed by atoms with Gasteiger partial charge in [0, 0.05) is 22.8 Å². The molecule has 0 aliphatic heterocycles. The summed E-state index contributed by atoms with van der Waals surface area (Å²) in [5, 5.41) is 4.87. The maximum absolute atomic E-state index is 12.6. The summed E-state index contributed by atoms with van der Waals surface area (Å²) in [5.74, 6) is -0.398. The predicted molar refractivity (Wildman–Crippen MR) is 103 cm³/mol. The summed E-state index contributed by atoms with van der Waals surface area (Å²) in [7, 11) is -3.80. The number of carbonyl (C=O) groups excluding carboxylic acids is 1. The molecule has 0 spiro atoms. The molecule has 1 amide bonds. The number of benzene rings is 2. The van der Waals surface area contributed by atoms with Crippen LogP contribution in [0.25, 0.3) is 0 Å². The molecule has 26 heavy (non-hydrogen) atoms. The van der Waals surface area contributed by atoms with E-state index in [9.17, 15) is 13.2 Å². The third kappa shape index (κ3) is 4.09. The lowest BCUT2D eigenvalue weighted by molar-refractivity contribution is 0.102. The number of anilines is 2. The molecule has 0 radical (unpaired) electrons. The first-order valence-electron chi connectivity index (χ1n) is 7.76. The van der Waals surface area contributed by atoms with Crippen molar-refractivity contribution in [2.24, 2.45) is 0 Å². The van der Waals surface area contributed by atoms with Gasteiger partial charge in [-0.3, -0.25) is 14.8 Å². The summed E-state index contributed by atoms with van der Waals surface area (Å²) in [4.78, 5) is 16.5. The zero-order valence-corrected chi connectivity index (χ0v) is 15.8. The average Bonchev–Trinajstić information content (AvgIpc) is 3.10. The standard InChI is InChI=1S/C18H17N3O3S2/c1-12-3-6-14(7-4-12)21-26(23,24)15-8-5-13(2)16(11-15)17(22)20-18-19-9-10-25-18/h3-11,21H,1-2H3,(H,19,20,22). The summed E-state index contributed by atoms with van der Waals surface area (Å²) in [6, 6.07) is 11.5. The molecule has 3 aromatic rings. The molecule has 134 valence electrons. The molecular weight excluding hydrogens is 370 g/mol. The van der Waals surface area contributed by atoms with E-state index in [4.69, 9.17) is 0 Å². The van der Waals surface area contributed by atoms with Crippen molar-refractivity contribution in [3.05, 3.63) is 70.7 Å². The number of carbonyl (C=O) groups is 1. The number of aryl methyl sites for hydroxylation is 2. The van der Waals surface area contributed by atoms with Gasteiger partial charge in [-0.25, -0.2) is 13.4 Å². The highest BCUT2D eigenvalue weighted by Crippen LogP contribution is 2.21. The molecule has 2 N–H and O–H groups in total. The Kier molecular flexibility index (Phi) is 5.06. The van der Waals surface area contributed by atoms with Crippen LogP contribution in [-0.2, 0) is 10.0 Å². The van der Waals surface area contributed by atoms with Crippen LogP contribution in [0.1, 0.15) is 21.5 Å². The number of hydrogen-bond acceptors (Lipinski definition) is 5. The maximum Gasteiger partial charge on any atom is 0.261 e. The van der Waals surface area contributed by atoms with E-state index in [-0.39, 0.29) is 10.5 Å². The minimum atomic E-state index is -3.80. The molecule has 3 rings (SSSR count). The topological polar surface area (TPSA) is 88.2 Å². The first-order chi connectivity index (χ1) is 12.3.